The van der Waals surface area contributed by atoms with Gasteiger partial charge in [0.05, 0.1) is 0 Å². The first-order chi connectivity index (χ1) is 4.29. The summed E-state index contributed by atoms with van der Waals surface area (Å²) in [6.45, 7) is 0.142. The molecule has 0 radical (unpaired) electrons. The van der Waals surface area contributed by atoms with Crippen molar-refractivity contribution in [2.45, 2.75) is 0 Å². The van der Waals surface area contributed by atoms with Crippen molar-refractivity contribution in [2.75, 3.05) is 13.3 Å². The van der Waals surface area contributed by atoms with Gasteiger partial charge in [-0.15, -0.1) is 5.10 Å². The second-order valence-corrected chi connectivity index (χ2v) is 1.57. The number of rotatable bonds is 2. The molecule has 0 atom stereocenters. The lowest BCUT2D eigenvalue weighted by Gasteiger charge is -2.05. The van der Waals surface area contributed by atoms with Crippen molar-refractivity contribution in [3.63, 3.8) is 0 Å². The molecule has 0 unspecified atom stereocenters. The minimum atomic E-state index is -0.905. The van der Waals surface area contributed by atoms with Crippen LogP contribution in [-0.2, 0) is 9.53 Å². The predicted molar refractivity (Wildman–Crippen MR) is 28.8 cm³/mol. The lowest BCUT2D eigenvalue weighted by molar-refractivity contribution is -0.138. The van der Waals surface area contributed by atoms with Crippen LogP contribution in [-0.4, -0.2) is 35.8 Å². The fraction of sp³-hybridized carbons (Fsp3) is 0.500. The van der Waals surface area contributed by atoms with Crippen LogP contribution >= 0.6 is 0 Å². The van der Waals surface area contributed by atoms with Crippen LogP contribution in [0.3, 0.4) is 0 Å². The summed E-state index contributed by atoms with van der Waals surface area (Å²) in [6.07, 6.45) is 1.23. The molecule has 1 aliphatic heterocycles. The fourth-order valence-electron chi connectivity index (χ4n) is 0.495. The van der Waals surface area contributed by atoms with E-state index in [2.05, 4.69) is 9.84 Å². The van der Waals surface area contributed by atoms with E-state index in [1.807, 2.05) is 0 Å². The Morgan fingerprint density at radius 1 is 2.00 bits per heavy atom. The van der Waals surface area contributed by atoms with Gasteiger partial charge >= 0.3 is 5.97 Å². The normalized spacial score (nSPS) is 15.8. The molecular formula is C4H6N2O3. The molecule has 1 heterocycles. The van der Waals surface area contributed by atoms with Gasteiger partial charge in [-0.05, 0) is 0 Å². The molecule has 0 aromatic carbocycles. The lowest BCUT2D eigenvalue weighted by atomic mass is 10.6. The Morgan fingerprint density at radius 2 is 2.78 bits per heavy atom. The number of carboxylic acids is 1. The van der Waals surface area contributed by atoms with Gasteiger partial charge in [0.2, 0.25) is 0 Å². The zero-order chi connectivity index (χ0) is 6.69. The van der Waals surface area contributed by atoms with Crippen molar-refractivity contribution in [3.05, 3.63) is 0 Å². The molecule has 5 heteroatoms. The van der Waals surface area contributed by atoms with Crippen molar-refractivity contribution in [1.29, 1.82) is 0 Å². The Kier molecular flexibility index (Phi) is 1.53. The minimum absolute atomic E-state index is 0.101. The van der Waals surface area contributed by atoms with E-state index in [1.165, 1.54) is 11.4 Å². The maximum atomic E-state index is 9.98. The van der Waals surface area contributed by atoms with Crippen LogP contribution in [0.25, 0.3) is 0 Å². The van der Waals surface area contributed by atoms with Gasteiger partial charge in [-0.1, -0.05) is 0 Å². The van der Waals surface area contributed by atoms with E-state index >= 15 is 0 Å². The second-order valence-electron chi connectivity index (χ2n) is 1.57. The first kappa shape index (κ1) is 5.87. The third-order valence-corrected chi connectivity index (χ3v) is 0.826. The molecule has 0 amide bonds. The zero-order valence-corrected chi connectivity index (χ0v) is 4.65. The van der Waals surface area contributed by atoms with Gasteiger partial charge in [-0.25, -0.2) is 5.01 Å². The summed E-state index contributed by atoms with van der Waals surface area (Å²) in [7, 11) is 0. The zero-order valence-electron chi connectivity index (χ0n) is 4.65. The molecule has 0 aliphatic carbocycles. The van der Waals surface area contributed by atoms with Crippen LogP contribution in [0.4, 0.5) is 0 Å². The van der Waals surface area contributed by atoms with Crippen LogP contribution in [0.1, 0.15) is 0 Å². The van der Waals surface area contributed by atoms with Crippen LogP contribution in [0.5, 0.6) is 0 Å². The number of hydrogen-bond donors (Lipinski definition) is 1. The molecule has 0 aromatic rings. The standard InChI is InChI=1S/C4H6N2O3/c7-4(8)1-6-3-9-2-5-6/h2H,1,3H2,(H,7,8). The van der Waals surface area contributed by atoms with E-state index in [-0.39, 0.29) is 13.3 Å². The number of carboxylic acid groups (broad SMARTS) is 1. The number of aliphatic carboxylic acids is 1. The summed E-state index contributed by atoms with van der Waals surface area (Å²) in [6, 6.07) is 0. The van der Waals surface area contributed by atoms with E-state index in [1.54, 1.807) is 0 Å². The van der Waals surface area contributed by atoms with E-state index in [4.69, 9.17) is 5.11 Å². The molecule has 0 aromatic heterocycles. The van der Waals surface area contributed by atoms with E-state index in [0.717, 1.165) is 0 Å². The third-order valence-electron chi connectivity index (χ3n) is 0.826. The van der Waals surface area contributed by atoms with Crippen molar-refractivity contribution in [2.24, 2.45) is 5.10 Å². The monoisotopic (exact) mass is 130 g/mol. The predicted octanol–water partition coefficient (Wildman–Crippen LogP) is -0.696. The van der Waals surface area contributed by atoms with Crippen LogP contribution in [0, 0.1) is 0 Å². The van der Waals surface area contributed by atoms with Gasteiger partial charge in [-0.3, -0.25) is 4.79 Å². The Morgan fingerprint density at radius 3 is 3.22 bits per heavy atom. The summed E-state index contributed by atoms with van der Waals surface area (Å²) in [5.41, 5.74) is 0. The molecule has 1 rings (SSSR count). The number of hydrogen-bond acceptors (Lipinski definition) is 4. The van der Waals surface area contributed by atoms with Crippen LogP contribution in [0.15, 0.2) is 5.10 Å². The number of hydrazone groups is 1. The largest absolute Gasteiger partial charge is 0.480 e. The molecular weight excluding hydrogens is 124 g/mol. The Balaban J connectivity index is 2.28. The van der Waals surface area contributed by atoms with Crippen molar-refractivity contribution in [1.82, 2.24) is 5.01 Å². The molecule has 5 nitrogen and oxygen atoms in total. The maximum absolute atomic E-state index is 9.98. The van der Waals surface area contributed by atoms with Gasteiger partial charge in [0.15, 0.2) is 13.1 Å². The average Bonchev–Trinajstić information content (AvgIpc) is 2.15. The van der Waals surface area contributed by atoms with Gasteiger partial charge in [0, 0.05) is 0 Å². The Hall–Kier alpha value is -1.26. The first-order valence-corrected chi connectivity index (χ1v) is 2.40. The fourth-order valence-corrected chi connectivity index (χ4v) is 0.495. The van der Waals surface area contributed by atoms with Gasteiger partial charge in [-0.2, -0.15) is 0 Å². The lowest BCUT2D eigenvalue weighted by Crippen LogP contribution is -2.22. The highest BCUT2D eigenvalue weighted by Crippen LogP contribution is 1.94. The highest BCUT2D eigenvalue weighted by Gasteiger charge is 2.09. The van der Waals surface area contributed by atoms with E-state index in [9.17, 15) is 4.79 Å². The summed E-state index contributed by atoms with van der Waals surface area (Å²) < 4.78 is 4.63. The van der Waals surface area contributed by atoms with Crippen LogP contribution < -0.4 is 0 Å². The summed E-state index contributed by atoms with van der Waals surface area (Å²) in [4.78, 5) is 9.98. The average molecular weight is 130 g/mol. The SMILES string of the molecule is O=C(O)CN1COC=N1. The van der Waals surface area contributed by atoms with Crippen molar-refractivity contribution >= 4 is 12.4 Å². The smallest absolute Gasteiger partial charge is 0.325 e. The number of nitrogens with zero attached hydrogens (tertiary/aromatic N) is 2. The van der Waals surface area contributed by atoms with Crippen molar-refractivity contribution in [3.8, 4) is 0 Å². The highest BCUT2D eigenvalue weighted by molar-refractivity contribution is 5.69. The Labute approximate surface area is 51.5 Å². The quantitative estimate of drug-likeness (QED) is 0.537. The molecule has 0 fully saturated rings. The highest BCUT2D eigenvalue weighted by atomic mass is 16.5. The van der Waals surface area contributed by atoms with Gasteiger partial charge in [0.1, 0.15) is 6.54 Å². The third kappa shape index (κ3) is 1.60. The second kappa shape index (κ2) is 2.34. The maximum Gasteiger partial charge on any atom is 0.325 e. The first-order valence-electron chi connectivity index (χ1n) is 2.40. The molecule has 50 valence electrons. The summed E-state index contributed by atoms with van der Waals surface area (Å²) in [5.74, 6) is -0.905. The molecule has 1 aliphatic rings. The summed E-state index contributed by atoms with van der Waals surface area (Å²) in [5, 5.41) is 13.1. The molecule has 0 spiro atoms. The molecule has 9 heavy (non-hydrogen) atoms. The number of carbonyl (C=O) groups is 1. The molecule has 0 saturated heterocycles. The van der Waals surface area contributed by atoms with Crippen molar-refractivity contribution < 1.29 is 14.6 Å². The van der Waals surface area contributed by atoms with E-state index in [0.29, 0.717) is 0 Å². The molecule has 1 N–H and O–H groups in total. The topological polar surface area (TPSA) is 62.1 Å². The van der Waals surface area contributed by atoms with Crippen LogP contribution in [0.2, 0.25) is 0 Å². The Bertz CT molecular complexity index is 145. The van der Waals surface area contributed by atoms with Gasteiger partial charge in [0.25, 0.3) is 0 Å². The minimum Gasteiger partial charge on any atom is -0.480 e. The summed E-state index contributed by atoms with van der Waals surface area (Å²) >= 11 is 0. The number of ether oxygens (including phenoxy) is 1. The molecule has 0 saturated carbocycles. The molecule has 0 bridgehead atoms. The van der Waals surface area contributed by atoms with Gasteiger partial charge < -0.3 is 9.84 Å². The van der Waals surface area contributed by atoms with E-state index < -0.39 is 5.97 Å².